The van der Waals surface area contributed by atoms with Crippen LogP contribution in [0.2, 0.25) is 0 Å². The summed E-state index contributed by atoms with van der Waals surface area (Å²) in [5, 5.41) is 8.99. The van der Waals surface area contributed by atoms with Crippen LogP contribution in [0.3, 0.4) is 0 Å². The third-order valence-corrected chi connectivity index (χ3v) is 3.29. The lowest BCUT2D eigenvalue weighted by atomic mass is 10.3. The van der Waals surface area contributed by atoms with Crippen molar-refractivity contribution >= 4 is 15.9 Å². The minimum absolute atomic E-state index is 0.0175. The standard InChI is InChI=1S/C9H12N2O4S/c10-9(13)5-6-11-16(14,15)8-3-1-7(12)2-4-8/h1-4,11-12H,5-6H2,(H2,10,13). The lowest BCUT2D eigenvalue weighted by molar-refractivity contribution is -0.117. The predicted octanol–water partition coefficient (Wildman–Crippen LogP) is -0.454. The molecule has 1 aromatic rings. The first-order valence-corrected chi connectivity index (χ1v) is 5.97. The van der Waals surface area contributed by atoms with Gasteiger partial charge in [0.15, 0.2) is 0 Å². The second-order valence-electron chi connectivity index (χ2n) is 3.11. The topological polar surface area (TPSA) is 109 Å². The lowest BCUT2D eigenvalue weighted by Crippen LogP contribution is -2.27. The fourth-order valence-corrected chi connectivity index (χ4v) is 2.05. The zero-order chi connectivity index (χ0) is 12.2. The van der Waals surface area contributed by atoms with Crippen LogP contribution in [0.15, 0.2) is 29.2 Å². The molecule has 0 spiro atoms. The predicted molar refractivity (Wildman–Crippen MR) is 57.1 cm³/mol. The highest BCUT2D eigenvalue weighted by Crippen LogP contribution is 2.13. The van der Waals surface area contributed by atoms with Gasteiger partial charge in [0.25, 0.3) is 0 Å². The van der Waals surface area contributed by atoms with E-state index in [1.165, 1.54) is 24.3 Å². The number of aromatic hydroxyl groups is 1. The molecule has 0 bridgehead atoms. The van der Waals surface area contributed by atoms with Crippen LogP contribution in [0.4, 0.5) is 0 Å². The number of primary amides is 1. The normalized spacial score (nSPS) is 11.2. The van der Waals surface area contributed by atoms with Crippen molar-refractivity contribution in [2.24, 2.45) is 5.73 Å². The first kappa shape index (κ1) is 12.5. The lowest BCUT2D eigenvalue weighted by Gasteiger charge is -2.05. The van der Waals surface area contributed by atoms with E-state index in [1.54, 1.807) is 0 Å². The number of carbonyl (C=O) groups is 1. The van der Waals surface area contributed by atoms with Crippen LogP contribution in [-0.2, 0) is 14.8 Å². The van der Waals surface area contributed by atoms with Gasteiger partial charge in [-0.2, -0.15) is 0 Å². The van der Waals surface area contributed by atoms with E-state index in [1.807, 2.05) is 0 Å². The Morgan fingerprint density at radius 2 is 1.88 bits per heavy atom. The molecular formula is C9H12N2O4S. The van der Waals surface area contributed by atoms with E-state index >= 15 is 0 Å². The Morgan fingerprint density at radius 1 is 1.31 bits per heavy atom. The maximum Gasteiger partial charge on any atom is 0.240 e. The minimum atomic E-state index is -3.64. The summed E-state index contributed by atoms with van der Waals surface area (Å²) in [6, 6.07) is 5.06. The van der Waals surface area contributed by atoms with Gasteiger partial charge in [-0.3, -0.25) is 4.79 Å². The van der Waals surface area contributed by atoms with Gasteiger partial charge in [-0.25, -0.2) is 13.1 Å². The largest absolute Gasteiger partial charge is 0.508 e. The second-order valence-corrected chi connectivity index (χ2v) is 4.87. The summed E-state index contributed by atoms with van der Waals surface area (Å²) in [6.45, 7) is -0.0431. The Kier molecular flexibility index (Phi) is 3.86. The SMILES string of the molecule is NC(=O)CCNS(=O)(=O)c1ccc(O)cc1. The minimum Gasteiger partial charge on any atom is -0.508 e. The van der Waals surface area contributed by atoms with Crippen molar-refractivity contribution in [2.75, 3.05) is 6.54 Å². The number of amides is 1. The molecule has 0 heterocycles. The molecule has 6 nitrogen and oxygen atoms in total. The number of phenolic OH excluding ortho intramolecular Hbond substituents is 1. The average molecular weight is 244 g/mol. The number of hydrogen-bond donors (Lipinski definition) is 3. The van der Waals surface area contributed by atoms with E-state index in [4.69, 9.17) is 10.8 Å². The molecule has 0 unspecified atom stereocenters. The van der Waals surface area contributed by atoms with Crippen molar-refractivity contribution in [1.29, 1.82) is 0 Å². The molecule has 7 heteroatoms. The third-order valence-electron chi connectivity index (χ3n) is 1.81. The van der Waals surface area contributed by atoms with Crippen LogP contribution in [0.5, 0.6) is 5.75 Å². The number of nitrogens with two attached hydrogens (primary N) is 1. The molecule has 0 saturated heterocycles. The van der Waals surface area contributed by atoms with Gasteiger partial charge in [0.1, 0.15) is 5.75 Å². The molecule has 16 heavy (non-hydrogen) atoms. The molecule has 1 aromatic carbocycles. The molecular weight excluding hydrogens is 232 g/mol. The summed E-state index contributed by atoms with van der Waals surface area (Å²) >= 11 is 0. The number of carbonyl (C=O) groups excluding carboxylic acids is 1. The fourth-order valence-electron chi connectivity index (χ4n) is 1.02. The summed E-state index contributed by atoms with van der Waals surface area (Å²) in [4.78, 5) is 10.4. The summed E-state index contributed by atoms with van der Waals surface area (Å²) < 4.78 is 25.4. The van der Waals surface area contributed by atoms with Crippen molar-refractivity contribution in [3.05, 3.63) is 24.3 Å². The van der Waals surface area contributed by atoms with Gasteiger partial charge < -0.3 is 10.8 Å². The monoisotopic (exact) mass is 244 g/mol. The van der Waals surface area contributed by atoms with Crippen LogP contribution >= 0.6 is 0 Å². The number of phenols is 1. The molecule has 88 valence electrons. The van der Waals surface area contributed by atoms with Gasteiger partial charge in [-0.1, -0.05) is 0 Å². The Labute approximate surface area is 93.1 Å². The van der Waals surface area contributed by atoms with Gasteiger partial charge >= 0.3 is 0 Å². The number of nitrogens with one attached hydrogen (secondary N) is 1. The highest BCUT2D eigenvalue weighted by atomic mass is 32.2. The van der Waals surface area contributed by atoms with Crippen molar-refractivity contribution < 1.29 is 18.3 Å². The first-order chi connectivity index (χ1) is 7.42. The number of sulfonamides is 1. The van der Waals surface area contributed by atoms with E-state index in [-0.39, 0.29) is 23.6 Å². The highest BCUT2D eigenvalue weighted by molar-refractivity contribution is 7.89. The van der Waals surface area contributed by atoms with Crippen molar-refractivity contribution in [3.63, 3.8) is 0 Å². The molecule has 0 atom stereocenters. The van der Waals surface area contributed by atoms with Crippen molar-refractivity contribution in [2.45, 2.75) is 11.3 Å². The maximum atomic E-state index is 11.6. The summed E-state index contributed by atoms with van der Waals surface area (Å²) in [6.07, 6.45) is -0.0582. The zero-order valence-corrected chi connectivity index (χ0v) is 9.20. The van der Waals surface area contributed by atoms with E-state index < -0.39 is 15.9 Å². The van der Waals surface area contributed by atoms with Crippen LogP contribution < -0.4 is 10.5 Å². The molecule has 1 rings (SSSR count). The number of benzene rings is 1. The van der Waals surface area contributed by atoms with Crippen molar-refractivity contribution in [3.8, 4) is 5.75 Å². The second kappa shape index (κ2) is 4.95. The fraction of sp³-hybridized carbons (Fsp3) is 0.222. The third kappa shape index (κ3) is 3.52. The van der Waals surface area contributed by atoms with Gasteiger partial charge in [0.2, 0.25) is 15.9 Å². The number of rotatable bonds is 5. The van der Waals surface area contributed by atoms with Crippen molar-refractivity contribution in [1.82, 2.24) is 4.72 Å². The maximum absolute atomic E-state index is 11.6. The first-order valence-electron chi connectivity index (χ1n) is 4.49. The summed E-state index contributed by atoms with van der Waals surface area (Å²) in [7, 11) is -3.64. The molecule has 0 saturated carbocycles. The average Bonchev–Trinajstić information content (AvgIpc) is 2.17. The van der Waals surface area contributed by atoms with E-state index in [2.05, 4.69) is 4.72 Å². The van der Waals surface area contributed by atoms with Crippen LogP contribution in [0, 0.1) is 0 Å². The Hall–Kier alpha value is -1.60. The summed E-state index contributed by atoms with van der Waals surface area (Å²) in [5.74, 6) is -0.593. The van der Waals surface area contributed by atoms with Crippen LogP contribution in [-0.4, -0.2) is 26.0 Å². The molecule has 0 radical (unpaired) electrons. The quantitative estimate of drug-likeness (QED) is 0.651. The highest BCUT2D eigenvalue weighted by Gasteiger charge is 2.13. The zero-order valence-electron chi connectivity index (χ0n) is 8.38. The van der Waals surface area contributed by atoms with Crippen LogP contribution in [0.25, 0.3) is 0 Å². The van der Waals surface area contributed by atoms with Crippen LogP contribution in [0.1, 0.15) is 6.42 Å². The number of hydrogen-bond acceptors (Lipinski definition) is 4. The molecule has 0 aliphatic rings. The smallest absolute Gasteiger partial charge is 0.240 e. The van der Waals surface area contributed by atoms with Gasteiger partial charge in [-0.05, 0) is 24.3 Å². The van der Waals surface area contributed by atoms with E-state index in [0.717, 1.165) is 0 Å². The van der Waals surface area contributed by atoms with E-state index in [9.17, 15) is 13.2 Å². The summed E-state index contributed by atoms with van der Waals surface area (Å²) in [5.41, 5.74) is 4.87. The Morgan fingerprint density at radius 3 is 2.38 bits per heavy atom. The Bertz CT molecular complexity index is 467. The molecule has 4 N–H and O–H groups in total. The van der Waals surface area contributed by atoms with E-state index in [0.29, 0.717) is 0 Å². The van der Waals surface area contributed by atoms with Gasteiger partial charge in [0, 0.05) is 13.0 Å². The molecule has 0 aliphatic heterocycles. The molecule has 0 fully saturated rings. The molecule has 0 aromatic heterocycles. The van der Waals surface area contributed by atoms with Gasteiger partial charge in [0.05, 0.1) is 4.90 Å². The Balaban J connectivity index is 2.71. The molecule has 1 amide bonds. The molecule has 0 aliphatic carbocycles. The van der Waals surface area contributed by atoms with Gasteiger partial charge in [-0.15, -0.1) is 0 Å².